The van der Waals surface area contributed by atoms with Crippen LogP contribution in [0, 0.1) is 5.92 Å². The number of hydrogen-bond acceptors (Lipinski definition) is 4. The van der Waals surface area contributed by atoms with Gasteiger partial charge >= 0.3 is 0 Å². The molecule has 5 nitrogen and oxygen atoms in total. The van der Waals surface area contributed by atoms with Crippen molar-refractivity contribution in [3.8, 4) is 17.2 Å². The van der Waals surface area contributed by atoms with Gasteiger partial charge in [-0.05, 0) is 54.7 Å². The predicted molar refractivity (Wildman–Crippen MR) is 107 cm³/mol. The summed E-state index contributed by atoms with van der Waals surface area (Å²) < 4.78 is 11.2. The highest BCUT2D eigenvalue weighted by Crippen LogP contribution is 2.39. The molecule has 0 bridgehead atoms. The first-order chi connectivity index (χ1) is 13.5. The maximum atomic E-state index is 12.8. The number of ether oxygens (including phenoxy) is 2. The second kappa shape index (κ2) is 7.68. The highest BCUT2D eigenvalue weighted by molar-refractivity contribution is 6.15. The lowest BCUT2D eigenvalue weighted by Crippen LogP contribution is -3.11. The number of hydrogen-bond donors (Lipinski definition) is 2. The molecule has 2 aliphatic heterocycles. The van der Waals surface area contributed by atoms with Crippen LogP contribution in [-0.2, 0) is 6.54 Å². The number of ketones is 1. The Hall–Kier alpha value is -2.79. The molecule has 0 spiro atoms. The first-order valence-corrected chi connectivity index (χ1v) is 9.82. The molecule has 2 N–H and O–H groups in total. The molecular weight excluding hydrogens is 354 g/mol. The summed E-state index contributed by atoms with van der Waals surface area (Å²) in [5.41, 5.74) is 2.08. The largest absolute Gasteiger partial charge is 0.507 e. The Balaban J connectivity index is 1.62. The van der Waals surface area contributed by atoms with Gasteiger partial charge in [-0.15, -0.1) is 0 Å². The second-order valence-corrected chi connectivity index (χ2v) is 7.77. The number of fused-ring (bicyclic) bond motifs is 1. The molecule has 2 aliphatic rings. The molecule has 4 rings (SSSR count). The number of allylic oxidation sites excluding steroid dienone is 1. The van der Waals surface area contributed by atoms with E-state index in [0.29, 0.717) is 17.9 Å². The van der Waals surface area contributed by atoms with Crippen LogP contribution in [0.5, 0.6) is 17.2 Å². The van der Waals surface area contributed by atoms with Crippen LogP contribution < -0.4 is 14.4 Å². The van der Waals surface area contributed by atoms with E-state index in [4.69, 9.17) is 9.47 Å². The van der Waals surface area contributed by atoms with Crippen molar-refractivity contribution >= 4 is 11.9 Å². The minimum Gasteiger partial charge on any atom is -0.507 e. The fourth-order valence-corrected chi connectivity index (χ4v) is 3.95. The van der Waals surface area contributed by atoms with Crippen LogP contribution in [-0.4, -0.2) is 31.1 Å². The van der Waals surface area contributed by atoms with Crippen LogP contribution in [0.25, 0.3) is 6.08 Å². The number of likely N-dealkylation sites (tertiary alicyclic amines) is 1. The topological polar surface area (TPSA) is 60.2 Å². The molecule has 0 aliphatic carbocycles. The van der Waals surface area contributed by atoms with Gasteiger partial charge in [0.2, 0.25) is 5.78 Å². The molecule has 146 valence electrons. The van der Waals surface area contributed by atoms with Crippen LogP contribution in [0.1, 0.15) is 41.3 Å². The van der Waals surface area contributed by atoms with Crippen molar-refractivity contribution in [1.29, 1.82) is 0 Å². The lowest BCUT2D eigenvalue weighted by Gasteiger charge is -2.27. The van der Waals surface area contributed by atoms with E-state index in [2.05, 4.69) is 6.92 Å². The third kappa shape index (κ3) is 3.62. The fourth-order valence-electron chi connectivity index (χ4n) is 3.95. The average molecular weight is 380 g/mol. The van der Waals surface area contributed by atoms with E-state index in [1.807, 2.05) is 24.3 Å². The Labute approximate surface area is 165 Å². The maximum absolute atomic E-state index is 12.8. The van der Waals surface area contributed by atoms with Gasteiger partial charge in [0.1, 0.15) is 18.0 Å². The van der Waals surface area contributed by atoms with E-state index < -0.39 is 0 Å². The number of phenols is 1. The van der Waals surface area contributed by atoms with Gasteiger partial charge in [0, 0.05) is 0 Å². The molecule has 0 atom stereocenters. The van der Waals surface area contributed by atoms with Crippen molar-refractivity contribution in [3.05, 3.63) is 58.8 Å². The molecule has 1 fully saturated rings. The van der Waals surface area contributed by atoms with E-state index >= 15 is 0 Å². The monoisotopic (exact) mass is 380 g/mol. The third-order valence-corrected chi connectivity index (χ3v) is 5.72. The summed E-state index contributed by atoms with van der Waals surface area (Å²) in [6.07, 6.45) is 4.10. The molecule has 0 amide bonds. The molecule has 1 saturated heterocycles. The van der Waals surface area contributed by atoms with E-state index in [1.165, 1.54) is 17.7 Å². The van der Waals surface area contributed by atoms with Gasteiger partial charge in [0.15, 0.2) is 11.5 Å². The van der Waals surface area contributed by atoms with Gasteiger partial charge < -0.3 is 19.5 Å². The Morgan fingerprint density at radius 1 is 1.25 bits per heavy atom. The predicted octanol–water partition coefficient (Wildman–Crippen LogP) is 2.83. The number of aromatic hydroxyl groups is 1. The third-order valence-electron chi connectivity index (χ3n) is 5.72. The summed E-state index contributed by atoms with van der Waals surface area (Å²) in [4.78, 5) is 14.3. The standard InChI is InChI=1S/C23H25NO4/c1-15-8-10-24(11-9-15)14-19-20(25)7-6-18-22(26)21(28-23(18)19)13-16-4-3-5-17(12-16)27-2/h3-7,12-13,15,25H,8-11,14H2,1-2H3/p+1. The first kappa shape index (κ1) is 18.6. The highest BCUT2D eigenvalue weighted by atomic mass is 16.5. The molecule has 0 aromatic heterocycles. The second-order valence-electron chi connectivity index (χ2n) is 7.77. The number of rotatable bonds is 4. The van der Waals surface area contributed by atoms with Gasteiger partial charge in [0.25, 0.3) is 0 Å². The molecule has 2 aromatic rings. The first-order valence-electron chi connectivity index (χ1n) is 9.82. The van der Waals surface area contributed by atoms with E-state index in [9.17, 15) is 9.90 Å². The lowest BCUT2D eigenvalue weighted by molar-refractivity contribution is -0.919. The molecule has 28 heavy (non-hydrogen) atoms. The summed E-state index contributed by atoms with van der Waals surface area (Å²) in [5, 5.41) is 10.4. The number of Topliss-reactive ketones (excluding diaryl/α,β-unsaturated/α-hetero) is 1. The zero-order valence-corrected chi connectivity index (χ0v) is 16.3. The average Bonchev–Trinajstić information content (AvgIpc) is 3.01. The molecule has 0 radical (unpaired) electrons. The number of phenolic OH excluding ortho intramolecular Hbond substituents is 1. The molecule has 0 unspecified atom stereocenters. The zero-order valence-electron chi connectivity index (χ0n) is 16.3. The highest BCUT2D eigenvalue weighted by Gasteiger charge is 2.33. The van der Waals surface area contributed by atoms with E-state index in [-0.39, 0.29) is 17.3 Å². The number of carbonyl (C=O) groups excluding carboxylic acids is 1. The lowest BCUT2D eigenvalue weighted by atomic mass is 9.98. The number of methoxy groups -OCH3 is 1. The molecule has 2 heterocycles. The Bertz CT molecular complexity index is 926. The Kier molecular flexibility index (Phi) is 5.09. The van der Waals surface area contributed by atoms with Crippen molar-refractivity contribution in [3.63, 3.8) is 0 Å². The van der Waals surface area contributed by atoms with Crippen LogP contribution >= 0.6 is 0 Å². The quantitative estimate of drug-likeness (QED) is 0.801. The summed E-state index contributed by atoms with van der Waals surface area (Å²) in [7, 11) is 1.61. The van der Waals surface area contributed by atoms with Gasteiger partial charge in [-0.3, -0.25) is 4.79 Å². The number of nitrogens with one attached hydrogen (secondary N) is 1. The molecule has 5 heteroatoms. The smallest absolute Gasteiger partial charge is 0.231 e. The number of benzene rings is 2. The maximum Gasteiger partial charge on any atom is 0.231 e. The Morgan fingerprint density at radius 2 is 2.04 bits per heavy atom. The summed E-state index contributed by atoms with van der Waals surface area (Å²) >= 11 is 0. The van der Waals surface area contributed by atoms with Crippen LogP contribution in [0.4, 0.5) is 0 Å². The molecule has 2 aromatic carbocycles. The van der Waals surface area contributed by atoms with Crippen molar-refractivity contribution < 1.29 is 24.3 Å². The normalized spacial score (nSPS) is 22.8. The number of carbonyl (C=O) groups is 1. The van der Waals surface area contributed by atoms with Gasteiger partial charge in [-0.2, -0.15) is 0 Å². The van der Waals surface area contributed by atoms with E-state index in [0.717, 1.165) is 35.9 Å². The SMILES string of the molecule is COc1cccc(C=C2Oc3c(ccc(O)c3C[NH+]3CCC(C)CC3)C2=O)c1. The van der Waals surface area contributed by atoms with Crippen molar-refractivity contribution in [2.75, 3.05) is 20.2 Å². The summed E-state index contributed by atoms with van der Waals surface area (Å²) in [6, 6.07) is 10.7. The van der Waals surface area contributed by atoms with Crippen molar-refractivity contribution in [2.45, 2.75) is 26.3 Å². The summed E-state index contributed by atoms with van der Waals surface area (Å²) in [6.45, 7) is 5.10. The van der Waals surface area contributed by atoms with Crippen LogP contribution in [0.2, 0.25) is 0 Å². The number of piperidine rings is 1. The number of quaternary nitrogens is 1. The zero-order chi connectivity index (χ0) is 19.7. The van der Waals surface area contributed by atoms with Crippen molar-refractivity contribution in [2.24, 2.45) is 5.92 Å². The minimum atomic E-state index is -0.152. The molecule has 0 saturated carbocycles. The Morgan fingerprint density at radius 3 is 2.79 bits per heavy atom. The molecular formula is C23H26NO4+. The van der Waals surface area contributed by atoms with Gasteiger partial charge in [-0.1, -0.05) is 19.1 Å². The van der Waals surface area contributed by atoms with Gasteiger partial charge in [-0.25, -0.2) is 0 Å². The van der Waals surface area contributed by atoms with Crippen LogP contribution in [0.3, 0.4) is 0 Å². The summed E-state index contributed by atoms with van der Waals surface area (Å²) in [5.74, 6) is 2.30. The fraction of sp³-hybridized carbons (Fsp3) is 0.348. The van der Waals surface area contributed by atoms with Crippen LogP contribution in [0.15, 0.2) is 42.2 Å². The van der Waals surface area contributed by atoms with Gasteiger partial charge in [0.05, 0.1) is 31.3 Å². The van der Waals surface area contributed by atoms with Crippen molar-refractivity contribution in [1.82, 2.24) is 0 Å². The van der Waals surface area contributed by atoms with E-state index in [1.54, 1.807) is 25.3 Å². The minimum absolute atomic E-state index is 0.152.